The van der Waals surface area contributed by atoms with Crippen molar-refractivity contribution in [1.82, 2.24) is 9.97 Å². The molecule has 1 aliphatic rings. The lowest BCUT2D eigenvalue weighted by Gasteiger charge is -2.17. The Hall–Kier alpha value is -2.48. The van der Waals surface area contributed by atoms with E-state index in [1.165, 1.54) is 24.5 Å². The predicted molar refractivity (Wildman–Crippen MR) is 84.8 cm³/mol. The summed E-state index contributed by atoms with van der Waals surface area (Å²) in [6, 6.07) is 3.96. The van der Waals surface area contributed by atoms with Gasteiger partial charge in [-0.25, -0.2) is 14.4 Å². The zero-order chi connectivity index (χ0) is 16.4. The van der Waals surface area contributed by atoms with Gasteiger partial charge in [-0.1, -0.05) is 11.6 Å². The average Bonchev–Trinajstić information content (AvgIpc) is 3.05. The first-order chi connectivity index (χ1) is 11.1. The lowest BCUT2D eigenvalue weighted by molar-refractivity contribution is -0.383. The third-order valence-electron chi connectivity index (χ3n) is 3.57. The van der Waals surface area contributed by atoms with Crippen LogP contribution >= 0.6 is 11.6 Å². The molecular formula is C14H13ClFN5O2. The minimum Gasteiger partial charge on any atom is -0.351 e. The highest BCUT2D eigenvalue weighted by atomic mass is 35.5. The number of halogens is 2. The lowest BCUT2D eigenvalue weighted by Crippen LogP contribution is -2.21. The van der Waals surface area contributed by atoms with E-state index in [-0.39, 0.29) is 16.5 Å². The molecule has 1 aromatic carbocycles. The van der Waals surface area contributed by atoms with Crippen molar-refractivity contribution in [3.05, 3.63) is 45.5 Å². The molecular weight excluding hydrogens is 325 g/mol. The average molecular weight is 338 g/mol. The van der Waals surface area contributed by atoms with Crippen LogP contribution in [0.15, 0.2) is 24.5 Å². The Kier molecular flexibility index (Phi) is 4.24. The summed E-state index contributed by atoms with van der Waals surface area (Å²) in [7, 11) is 0. The molecule has 1 saturated heterocycles. The molecule has 7 nitrogen and oxygen atoms in total. The first-order valence-electron chi connectivity index (χ1n) is 7.02. The first-order valence-corrected chi connectivity index (χ1v) is 7.40. The molecule has 1 aliphatic heterocycles. The van der Waals surface area contributed by atoms with E-state index >= 15 is 0 Å². The minimum atomic E-state index is -0.563. The highest BCUT2D eigenvalue weighted by Crippen LogP contribution is 2.35. The van der Waals surface area contributed by atoms with E-state index in [2.05, 4.69) is 15.3 Å². The molecule has 0 saturated carbocycles. The van der Waals surface area contributed by atoms with E-state index in [9.17, 15) is 14.5 Å². The molecule has 1 N–H and O–H groups in total. The standard InChI is InChI=1S/C14H13ClFN5O2/c15-10-7-9(3-4-11(10)16)19-13-12(21(22)23)14(18-8-17-13)20-5-1-2-6-20/h3-4,7-8H,1-2,5-6H2,(H,17,18,19). The molecule has 2 aromatic rings. The Morgan fingerprint density at radius 3 is 2.70 bits per heavy atom. The van der Waals surface area contributed by atoms with Gasteiger partial charge in [-0.15, -0.1) is 0 Å². The summed E-state index contributed by atoms with van der Waals surface area (Å²) in [5.74, 6) is -0.222. The van der Waals surface area contributed by atoms with E-state index in [1.807, 2.05) is 4.90 Å². The van der Waals surface area contributed by atoms with Crippen LogP contribution in [0.3, 0.4) is 0 Å². The molecule has 0 bridgehead atoms. The Bertz CT molecular complexity index is 752. The zero-order valence-corrected chi connectivity index (χ0v) is 12.8. The fraction of sp³-hybridized carbons (Fsp3) is 0.286. The quantitative estimate of drug-likeness (QED) is 0.678. The largest absolute Gasteiger partial charge is 0.353 e. The third-order valence-corrected chi connectivity index (χ3v) is 3.86. The zero-order valence-electron chi connectivity index (χ0n) is 12.0. The van der Waals surface area contributed by atoms with Gasteiger partial charge < -0.3 is 10.2 Å². The van der Waals surface area contributed by atoms with Gasteiger partial charge in [0, 0.05) is 18.8 Å². The van der Waals surface area contributed by atoms with Crippen molar-refractivity contribution >= 4 is 34.6 Å². The molecule has 0 atom stereocenters. The fourth-order valence-electron chi connectivity index (χ4n) is 2.50. The molecule has 0 spiro atoms. The summed E-state index contributed by atoms with van der Waals surface area (Å²) in [4.78, 5) is 20.8. The number of rotatable bonds is 4. The number of aromatic nitrogens is 2. The van der Waals surface area contributed by atoms with Crippen LogP contribution in [0.1, 0.15) is 12.8 Å². The Morgan fingerprint density at radius 1 is 1.30 bits per heavy atom. The first kappa shape index (κ1) is 15.4. The van der Waals surface area contributed by atoms with Crippen molar-refractivity contribution in [3.63, 3.8) is 0 Å². The van der Waals surface area contributed by atoms with E-state index in [0.717, 1.165) is 25.9 Å². The van der Waals surface area contributed by atoms with Crippen LogP contribution in [0.25, 0.3) is 0 Å². The van der Waals surface area contributed by atoms with Gasteiger partial charge in [-0.3, -0.25) is 10.1 Å². The molecule has 3 rings (SSSR count). The number of hydrogen-bond donors (Lipinski definition) is 1. The third kappa shape index (κ3) is 3.16. The maximum absolute atomic E-state index is 13.2. The second-order valence-electron chi connectivity index (χ2n) is 5.10. The van der Waals surface area contributed by atoms with Gasteiger partial charge >= 0.3 is 5.69 Å². The summed E-state index contributed by atoms with van der Waals surface area (Å²) in [6.45, 7) is 1.44. The van der Waals surface area contributed by atoms with Crippen LogP contribution < -0.4 is 10.2 Å². The predicted octanol–water partition coefficient (Wildman–Crippen LogP) is 3.52. The number of benzene rings is 1. The maximum Gasteiger partial charge on any atom is 0.353 e. The van der Waals surface area contributed by atoms with Crippen LogP contribution in [-0.4, -0.2) is 28.0 Å². The van der Waals surface area contributed by atoms with Crippen molar-refractivity contribution in [1.29, 1.82) is 0 Å². The van der Waals surface area contributed by atoms with Gasteiger partial charge in [0.25, 0.3) is 0 Å². The normalized spacial score (nSPS) is 14.1. The van der Waals surface area contributed by atoms with Gasteiger partial charge in [0.05, 0.1) is 9.95 Å². The second kappa shape index (κ2) is 6.33. The molecule has 0 aliphatic carbocycles. The number of hydrogen-bond acceptors (Lipinski definition) is 6. The maximum atomic E-state index is 13.2. The topological polar surface area (TPSA) is 84.2 Å². The summed E-state index contributed by atoms with van der Waals surface area (Å²) < 4.78 is 13.2. The number of anilines is 3. The highest BCUT2D eigenvalue weighted by molar-refractivity contribution is 6.31. The monoisotopic (exact) mass is 337 g/mol. The minimum absolute atomic E-state index is 0.0505. The number of nitrogens with one attached hydrogen (secondary N) is 1. The highest BCUT2D eigenvalue weighted by Gasteiger charge is 2.28. The van der Waals surface area contributed by atoms with Gasteiger partial charge in [0.15, 0.2) is 0 Å². The Labute approximate surface area is 136 Å². The van der Waals surface area contributed by atoms with Crippen molar-refractivity contribution in [3.8, 4) is 0 Å². The molecule has 2 heterocycles. The SMILES string of the molecule is O=[N+]([O-])c1c(Nc2ccc(F)c(Cl)c2)ncnc1N1CCCC1. The number of nitrogens with zero attached hydrogens (tertiary/aromatic N) is 4. The fourth-order valence-corrected chi connectivity index (χ4v) is 2.68. The smallest absolute Gasteiger partial charge is 0.351 e. The van der Waals surface area contributed by atoms with Crippen molar-refractivity contribution in [2.24, 2.45) is 0 Å². The molecule has 0 radical (unpaired) electrons. The van der Waals surface area contributed by atoms with Crippen molar-refractivity contribution < 1.29 is 9.31 Å². The van der Waals surface area contributed by atoms with Gasteiger partial charge in [-0.05, 0) is 31.0 Å². The van der Waals surface area contributed by atoms with E-state index in [4.69, 9.17) is 11.6 Å². The Balaban J connectivity index is 1.99. The van der Waals surface area contributed by atoms with Crippen LogP contribution in [0, 0.1) is 15.9 Å². The Morgan fingerprint density at radius 2 is 2.04 bits per heavy atom. The van der Waals surface area contributed by atoms with E-state index < -0.39 is 10.7 Å². The molecule has 0 amide bonds. The molecule has 0 unspecified atom stereocenters. The van der Waals surface area contributed by atoms with Crippen LogP contribution in [0.5, 0.6) is 0 Å². The summed E-state index contributed by atoms with van der Waals surface area (Å²) in [5.41, 5.74) is 0.209. The van der Waals surface area contributed by atoms with Crippen LogP contribution in [0.4, 0.5) is 27.4 Å². The molecule has 9 heteroatoms. The molecule has 1 aromatic heterocycles. The summed E-state index contributed by atoms with van der Waals surface area (Å²) >= 11 is 5.73. The molecule has 23 heavy (non-hydrogen) atoms. The summed E-state index contributed by atoms with van der Waals surface area (Å²) in [5, 5.41) is 14.2. The second-order valence-corrected chi connectivity index (χ2v) is 5.51. The number of nitro groups is 1. The summed E-state index contributed by atoms with van der Waals surface area (Å²) in [6.07, 6.45) is 3.21. The van der Waals surface area contributed by atoms with Crippen molar-refractivity contribution in [2.45, 2.75) is 12.8 Å². The van der Waals surface area contributed by atoms with Gasteiger partial charge in [-0.2, -0.15) is 0 Å². The van der Waals surface area contributed by atoms with E-state index in [1.54, 1.807) is 0 Å². The van der Waals surface area contributed by atoms with Gasteiger partial charge in [0.1, 0.15) is 12.1 Å². The lowest BCUT2D eigenvalue weighted by atomic mass is 10.3. The molecule has 120 valence electrons. The van der Waals surface area contributed by atoms with Crippen LogP contribution in [0.2, 0.25) is 5.02 Å². The van der Waals surface area contributed by atoms with E-state index in [0.29, 0.717) is 11.5 Å². The van der Waals surface area contributed by atoms with Crippen LogP contribution in [-0.2, 0) is 0 Å². The van der Waals surface area contributed by atoms with Gasteiger partial charge in [0.2, 0.25) is 11.6 Å². The van der Waals surface area contributed by atoms with Crippen molar-refractivity contribution in [2.75, 3.05) is 23.3 Å². The molecule has 1 fully saturated rings.